The summed E-state index contributed by atoms with van der Waals surface area (Å²) in [4.78, 5) is 11.6. The maximum absolute atomic E-state index is 11.6. The van der Waals surface area contributed by atoms with Gasteiger partial charge in [0.05, 0.1) is 5.92 Å². The third kappa shape index (κ3) is 28.0. The summed E-state index contributed by atoms with van der Waals surface area (Å²) in [6.45, 7) is 6.93. The Labute approximate surface area is 228 Å². The standard InChI is InChI=1S/C34H68O2/c1-4-5-6-7-8-9-10-15-18-21-24-27-30-33(34(35)36)31-28-25-22-19-16-13-11-12-14-17-20-23-26-29-32(2)3/h32-33H,4-31H2,1-3H3,(H,35,36). The lowest BCUT2D eigenvalue weighted by Crippen LogP contribution is -2.13. The van der Waals surface area contributed by atoms with Crippen molar-refractivity contribution in [2.24, 2.45) is 11.8 Å². The molecule has 0 spiro atoms. The first-order valence-corrected chi connectivity index (χ1v) is 16.8. The second-order valence-corrected chi connectivity index (χ2v) is 12.3. The largest absolute Gasteiger partial charge is 0.481 e. The Kier molecular flexibility index (Phi) is 28.6. The second kappa shape index (κ2) is 29.0. The Hall–Kier alpha value is -0.530. The monoisotopic (exact) mass is 509 g/mol. The van der Waals surface area contributed by atoms with Crippen molar-refractivity contribution in [3.05, 3.63) is 0 Å². The number of unbranched alkanes of at least 4 members (excludes halogenated alkanes) is 23. The minimum Gasteiger partial charge on any atom is -0.481 e. The molecule has 2 heteroatoms. The summed E-state index contributed by atoms with van der Waals surface area (Å²) in [7, 11) is 0. The summed E-state index contributed by atoms with van der Waals surface area (Å²) in [6.07, 6.45) is 37.0. The topological polar surface area (TPSA) is 37.3 Å². The van der Waals surface area contributed by atoms with Gasteiger partial charge >= 0.3 is 5.97 Å². The molecule has 2 nitrogen and oxygen atoms in total. The molecule has 0 heterocycles. The number of hydrogen-bond acceptors (Lipinski definition) is 1. The van der Waals surface area contributed by atoms with Crippen molar-refractivity contribution in [3.63, 3.8) is 0 Å². The van der Waals surface area contributed by atoms with Gasteiger partial charge in [-0.05, 0) is 18.8 Å². The van der Waals surface area contributed by atoms with Gasteiger partial charge in [0.15, 0.2) is 0 Å². The Balaban J connectivity index is 3.40. The van der Waals surface area contributed by atoms with Crippen LogP contribution in [0.2, 0.25) is 0 Å². The molecule has 0 aliphatic heterocycles. The van der Waals surface area contributed by atoms with Crippen molar-refractivity contribution in [2.75, 3.05) is 0 Å². The van der Waals surface area contributed by atoms with Crippen molar-refractivity contribution >= 4 is 5.97 Å². The van der Waals surface area contributed by atoms with Crippen LogP contribution in [0.5, 0.6) is 0 Å². The highest BCUT2D eigenvalue weighted by atomic mass is 16.4. The number of carboxylic acid groups (broad SMARTS) is 1. The lowest BCUT2D eigenvalue weighted by molar-refractivity contribution is -0.142. The van der Waals surface area contributed by atoms with Crippen LogP contribution in [0.4, 0.5) is 0 Å². The van der Waals surface area contributed by atoms with Gasteiger partial charge in [0.2, 0.25) is 0 Å². The fraction of sp³-hybridized carbons (Fsp3) is 0.971. The molecule has 0 saturated carbocycles. The second-order valence-electron chi connectivity index (χ2n) is 12.3. The Morgan fingerprint density at radius 2 is 0.694 bits per heavy atom. The third-order valence-corrected chi connectivity index (χ3v) is 8.09. The van der Waals surface area contributed by atoms with Crippen LogP contribution in [0.1, 0.15) is 201 Å². The van der Waals surface area contributed by atoms with Gasteiger partial charge in [-0.1, -0.05) is 188 Å². The van der Waals surface area contributed by atoms with Crippen molar-refractivity contribution in [2.45, 2.75) is 201 Å². The van der Waals surface area contributed by atoms with E-state index < -0.39 is 5.97 Å². The molecule has 0 aromatic rings. The minimum absolute atomic E-state index is 0.0986. The number of carbonyl (C=O) groups is 1. The quantitative estimate of drug-likeness (QED) is 0.0979. The highest BCUT2D eigenvalue weighted by Crippen LogP contribution is 2.20. The smallest absolute Gasteiger partial charge is 0.306 e. The molecule has 216 valence electrons. The van der Waals surface area contributed by atoms with Gasteiger partial charge in [0, 0.05) is 0 Å². The number of aliphatic carboxylic acids is 1. The molecule has 0 rings (SSSR count). The molecular formula is C34H68O2. The van der Waals surface area contributed by atoms with Crippen LogP contribution in [-0.2, 0) is 4.79 Å². The summed E-state index contributed by atoms with van der Waals surface area (Å²) < 4.78 is 0. The fourth-order valence-corrected chi connectivity index (χ4v) is 5.51. The van der Waals surface area contributed by atoms with Gasteiger partial charge in [0.25, 0.3) is 0 Å². The van der Waals surface area contributed by atoms with Crippen molar-refractivity contribution in [3.8, 4) is 0 Å². The van der Waals surface area contributed by atoms with Crippen LogP contribution < -0.4 is 0 Å². The normalized spacial score (nSPS) is 12.4. The van der Waals surface area contributed by atoms with Crippen molar-refractivity contribution < 1.29 is 9.90 Å². The predicted octanol–water partition coefficient (Wildman–Crippen LogP) is 12.3. The van der Waals surface area contributed by atoms with Crippen molar-refractivity contribution in [1.29, 1.82) is 0 Å². The molecule has 0 amide bonds. The molecule has 0 radical (unpaired) electrons. The molecule has 36 heavy (non-hydrogen) atoms. The Morgan fingerprint density at radius 3 is 0.944 bits per heavy atom. The Bertz CT molecular complexity index is 431. The maximum atomic E-state index is 11.6. The fourth-order valence-electron chi connectivity index (χ4n) is 5.51. The number of rotatable bonds is 30. The van der Waals surface area contributed by atoms with Gasteiger partial charge in [0.1, 0.15) is 0 Å². The van der Waals surface area contributed by atoms with E-state index in [2.05, 4.69) is 20.8 Å². The zero-order valence-corrected chi connectivity index (χ0v) is 25.3. The lowest BCUT2D eigenvalue weighted by Gasteiger charge is -2.12. The van der Waals surface area contributed by atoms with E-state index in [-0.39, 0.29) is 5.92 Å². The van der Waals surface area contributed by atoms with Gasteiger partial charge < -0.3 is 5.11 Å². The van der Waals surface area contributed by atoms with E-state index in [9.17, 15) is 9.90 Å². The molecular weight excluding hydrogens is 440 g/mol. The zero-order chi connectivity index (χ0) is 26.5. The summed E-state index contributed by atoms with van der Waals surface area (Å²) in [6, 6.07) is 0. The van der Waals surface area contributed by atoms with E-state index in [0.717, 1.165) is 31.6 Å². The summed E-state index contributed by atoms with van der Waals surface area (Å²) in [5.41, 5.74) is 0. The van der Waals surface area contributed by atoms with Crippen molar-refractivity contribution in [1.82, 2.24) is 0 Å². The molecule has 0 aromatic carbocycles. The first-order chi connectivity index (χ1) is 17.6. The van der Waals surface area contributed by atoms with E-state index in [4.69, 9.17) is 0 Å². The third-order valence-electron chi connectivity index (χ3n) is 8.09. The SMILES string of the molecule is CCCCCCCCCCCCCCC(CCCCCCCCCCCCCCCC(C)C)C(=O)O. The molecule has 0 bridgehead atoms. The molecule has 0 aliphatic carbocycles. The van der Waals surface area contributed by atoms with E-state index in [1.54, 1.807) is 0 Å². The van der Waals surface area contributed by atoms with Crippen LogP contribution in [0.25, 0.3) is 0 Å². The predicted molar refractivity (Wildman–Crippen MR) is 161 cm³/mol. The van der Waals surface area contributed by atoms with E-state index in [1.807, 2.05) is 0 Å². The van der Waals surface area contributed by atoms with Gasteiger partial charge in [-0.25, -0.2) is 0 Å². The molecule has 0 aromatic heterocycles. The van der Waals surface area contributed by atoms with E-state index >= 15 is 0 Å². The van der Waals surface area contributed by atoms with E-state index in [1.165, 1.54) is 154 Å². The van der Waals surface area contributed by atoms with Gasteiger partial charge in [-0.3, -0.25) is 4.79 Å². The average Bonchev–Trinajstić information content (AvgIpc) is 2.85. The summed E-state index contributed by atoms with van der Waals surface area (Å²) >= 11 is 0. The molecule has 0 aliphatic rings. The van der Waals surface area contributed by atoms with Crippen LogP contribution >= 0.6 is 0 Å². The highest BCUT2D eigenvalue weighted by molar-refractivity contribution is 5.69. The molecule has 1 N–H and O–H groups in total. The highest BCUT2D eigenvalue weighted by Gasteiger charge is 2.16. The van der Waals surface area contributed by atoms with Crippen LogP contribution in [-0.4, -0.2) is 11.1 Å². The summed E-state index contributed by atoms with van der Waals surface area (Å²) in [5.74, 6) is 0.212. The van der Waals surface area contributed by atoms with Gasteiger partial charge in [-0.15, -0.1) is 0 Å². The zero-order valence-electron chi connectivity index (χ0n) is 25.3. The molecule has 0 saturated heterocycles. The number of hydrogen-bond donors (Lipinski definition) is 1. The summed E-state index contributed by atoms with van der Waals surface area (Å²) in [5, 5.41) is 9.58. The van der Waals surface area contributed by atoms with Gasteiger partial charge in [-0.2, -0.15) is 0 Å². The van der Waals surface area contributed by atoms with Crippen LogP contribution in [0.15, 0.2) is 0 Å². The average molecular weight is 509 g/mol. The van der Waals surface area contributed by atoms with Crippen LogP contribution in [0, 0.1) is 11.8 Å². The minimum atomic E-state index is -0.557. The Morgan fingerprint density at radius 1 is 0.444 bits per heavy atom. The van der Waals surface area contributed by atoms with Crippen LogP contribution in [0.3, 0.4) is 0 Å². The molecule has 1 atom stereocenters. The first kappa shape index (κ1) is 35.5. The lowest BCUT2D eigenvalue weighted by atomic mass is 9.94. The van der Waals surface area contributed by atoms with E-state index in [0.29, 0.717) is 0 Å². The number of carboxylic acids is 1. The maximum Gasteiger partial charge on any atom is 0.306 e. The molecule has 0 fully saturated rings. The first-order valence-electron chi connectivity index (χ1n) is 16.8. The molecule has 1 unspecified atom stereocenters.